The van der Waals surface area contributed by atoms with Gasteiger partial charge in [-0.1, -0.05) is 25.1 Å². The van der Waals surface area contributed by atoms with Gasteiger partial charge in [0.1, 0.15) is 30.0 Å². The zero-order valence-electron chi connectivity index (χ0n) is 24.1. The molecule has 0 aliphatic carbocycles. The zero-order chi connectivity index (χ0) is 29.8. The van der Waals surface area contributed by atoms with Gasteiger partial charge in [-0.2, -0.15) is 4.98 Å². The summed E-state index contributed by atoms with van der Waals surface area (Å²) < 4.78 is 19.6. The lowest BCUT2D eigenvalue weighted by Gasteiger charge is -2.23. The Morgan fingerprint density at radius 3 is 2.59 bits per heavy atom. The number of rotatable bonds is 14. The average molecular weight is 564 g/mol. The number of nitrogens with one attached hydrogen (secondary N) is 3. The number of hydrogen-bond donors (Lipinski definition) is 3. The van der Waals surface area contributed by atoms with Crippen LogP contribution in [-0.4, -0.2) is 71.9 Å². The fourth-order valence-corrected chi connectivity index (χ4v) is 3.58. The van der Waals surface area contributed by atoms with Crippen molar-refractivity contribution in [1.29, 1.82) is 0 Å². The Morgan fingerprint density at radius 1 is 1.10 bits per heavy atom. The summed E-state index contributed by atoms with van der Waals surface area (Å²) in [6.45, 7) is 5.23. The molecule has 0 aliphatic heterocycles. The number of carbonyl (C=O) groups is 2. The molecular formula is C30H38FN7O3. The third-order valence-electron chi connectivity index (χ3n) is 6.02. The summed E-state index contributed by atoms with van der Waals surface area (Å²) in [6.07, 6.45) is 5.77. The Labute approximate surface area is 240 Å². The van der Waals surface area contributed by atoms with E-state index < -0.39 is 6.04 Å². The largest absolute Gasteiger partial charge is 0.489 e. The molecule has 0 spiro atoms. The first-order valence-corrected chi connectivity index (χ1v) is 13.4. The second kappa shape index (κ2) is 15.3. The zero-order valence-corrected chi connectivity index (χ0v) is 24.1. The second-order valence-electron chi connectivity index (χ2n) is 9.73. The average Bonchev–Trinajstić information content (AvgIpc) is 2.94. The van der Waals surface area contributed by atoms with E-state index in [-0.39, 0.29) is 24.2 Å². The van der Waals surface area contributed by atoms with Crippen LogP contribution in [0.4, 0.5) is 27.5 Å². The van der Waals surface area contributed by atoms with Gasteiger partial charge in [0.2, 0.25) is 17.8 Å². The van der Waals surface area contributed by atoms with E-state index in [1.165, 1.54) is 23.1 Å². The van der Waals surface area contributed by atoms with E-state index in [4.69, 9.17) is 4.74 Å². The Balaban J connectivity index is 1.63. The quantitative estimate of drug-likeness (QED) is 0.243. The molecular weight excluding hydrogens is 525 g/mol. The van der Waals surface area contributed by atoms with Crippen LogP contribution in [0.1, 0.15) is 25.8 Å². The van der Waals surface area contributed by atoms with Crippen LogP contribution in [0.25, 0.3) is 0 Å². The number of nitrogens with zero attached hydrogens (tertiary/aromatic N) is 4. The molecule has 0 radical (unpaired) electrons. The van der Waals surface area contributed by atoms with E-state index in [9.17, 15) is 14.0 Å². The molecule has 0 saturated carbocycles. The van der Waals surface area contributed by atoms with Crippen LogP contribution in [-0.2, 0) is 16.2 Å². The van der Waals surface area contributed by atoms with E-state index in [0.717, 1.165) is 12.0 Å². The van der Waals surface area contributed by atoms with E-state index in [1.54, 1.807) is 62.6 Å². The lowest BCUT2D eigenvalue weighted by Crippen LogP contribution is -2.42. The Morgan fingerprint density at radius 2 is 1.85 bits per heavy atom. The fraction of sp³-hybridized carbons (Fsp3) is 0.333. The molecule has 218 valence electrons. The molecule has 11 heteroatoms. The molecule has 3 rings (SSSR count). The summed E-state index contributed by atoms with van der Waals surface area (Å²) in [5.41, 5.74) is 1.81. The number of carbonyl (C=O) groups excluding carboxylic acids is 2. The lowest BCUT2D eigenvalue weighted by molar-refractivity contribution is -0.132. The normalized spacial score (nSPS) is 11.8. The van der Waals surface area contributed by atoms with Crippen LogP contribution >= 0.6 is 0 Å². The van der Waals surface area contributed by atoms with Crippen molar-refractivity contribution in [1.82, 2.24) is 19.8 Å². The van der Waals surface area contributed by atoms with Gasteiger partial charge in [0.05, 0.1) is 5.56 Å². The molecule has 0 saturated heterocycles. The lowest BCUT2D eigenvalue weighted by atomic mass is 10.2. The SMILES string of the molecule is CCCNc1nc(Nc2cccc(F)c2)ncc1COc1cccc(NC(=O)[C@H](C)N(C)C(=O)C=CCN(C)C)c1. The van der Waals surface area contributed by atoms with Gasteiger partial charge in [0.15, 0.2) is 0 Å². The third-order valence-corrected chi connectivity index (χ3v) is 6.02. The predicted octanol–water partition coefficient (Wildman–Crippen LogP) is 4.66. The highest BCUT2D eigenvalue weighted by Crippen LogP contribution is 2.22. The number of amides is 2. The molecule has 0 fully saturated rings. The van der Waals surface area contributed by atoms with Gasteiger partial charge in [-0.25, -0.2) is 9.37 Å². The standard InChI is InChI=1S/C30H38FN7O3/c1-6-15-32-28-22(19-33-30(36-28)35-24-11-7-10-23(31)17-24)20-41-26-13-8-12-25(18-26)34-29(40)21(2)38(5)27(39)14-9-16-37(3)4/h7-14,17-19,21H,6,15-16,20H2,1-5H3,(H,34,40)(H2,32,33,35,36)/t21-/m0/s1. The minimum Gasteiger partial charge on any atom is -0.489 e. The maximum atomic E-state index is 13.6. The molecule has 0 unspecified atom stereocenters. The number of aromatic nitrogens is 2. The van der Waals surface area contributed by atoms with Crippen molar-refractivity contribution in [2.45, 2.75) is 32.9 Å². The van der Waals surface area contributed by atoms with Gasteiger partial charge in [-0.05, 0) is 57.8 Å². The minimum absolute atomic E-state index is 0.177. The molecule has 3 aromatic rings. The van der Waals surface area contributed by atoms with Crippen molar-refractivity contribution in [3.05, 3.63) is 78.3 Å². The Kier molecular flexibility index (Phi) is 11.6. The monoisotopic (exact) mass is 563 g/mol. The van der Waals surface area contributed by atoms with E-state index >= 15 is 0 Å². The van der Waals surface area contributed by atoms with Gasteiger partial charge in [-0.15, -0.1) is 0 Å². The summed E-state index contributed by atoms with van der Waals surface area (Å²) in [7, 11) is 5.41. The van der Waals surface area contributed by atoms with Crippen LogP contribution in [0, 0.1) is 5.82 Å². The predicted molar refractivity (Wildman–Crippen MR) is 160 cm³/mol. The fourth-order valence-electron chi connectivity index (χ4n) is 3.58. The van der Waals surface area contributed by atoms with Gasteiger partial charge in [0, 0.05) is 49.9 Å². The van der Waals surface area contributed by atoms with Crippen molar-refractivity contribution in [2.75, 3.05) is 50.2 Å². The Bertz CT molecular complexity index is 1350. The molecule has 41 heavy (non-hydrogen) atoms. The molecule has 1 atom stereocenters. The van der Waals surface area contributed by atoms with E-state index in [1.807, 2.05) is 25.9 Å². The molecule has 2 aromatic carbocycles. The maximum absolute atomic E-state index is 13.6. The third kappa shape index (κ3) is 9.87. The van der Waals surface area contributed by atoms with Crippen molar-refractivity contribution < 1.29 is 18.7 Å². The van der Waals surface area contributed by atoms with E-state index in [2.05, 4.69) is 25.9 Å². The van der Waals surface area contributed by atoms with Crippen molar-refractivity contribution in [3.8, 4) is 5.75 Å². The molecule has 0 bridgehead atoms. The first-order valence-electron chi connectivity index (χ1n) is 13.4. The molecule has 1 heterocycles. The number of hydrogen-bond acceptors (Lipinski definition) is 8. The number of ether oxygens (including phenoxy) is 1. The molecule has 2 amide bonds. The van der Waals surface area contributed by atoms with E-state index in [0.29, 0.717) is 42.0 Å². The van der Waals surface area contributed by atoms with Crippen LogP contribution in [0.5, 0.6) is 5.75 Å². The number of halogens is 1. The summed E-state index contributed by atoms with van der Waals surface area (Å²) in [6, 6.07) is 12.4. The van der Waals surface area contributed by atoms with Gasteiger partial charge >= 0.3 is 0 Å². The highest BCUT2D eigenvalue weighted by atomic mass is 19.1. The summed E-state index contributed by atoms with van der Waals surface area (Å²) in [5.74, 6) is 0.540. The van der Waals surface area contributed by atoms with Gasteiger partial charge < -0.3 is 30.5 Å². The molecule has 0 aliphatic rings. The molecule has 1 aromatic heterocycles. The topological polar surface area (TPSA) is 112 Å². The molecule has 3 N–H and O–H groups in total. The van der Waals surface area contributed by atoms with Gasteiger partial charge in [0.25, 0.3) is 0 Å². The van der Waals surface area contributed by atoms with Crippen molar-refractivity contribution >= 4 is 35.0 Å². The molecule has 10 nitrogen and oxygen atoms in total. The van der Waals surface area contributed by atoms with Crippen LogP contribution in [0.15, 0.2) is 66.9 Å². The second-order valence-corrected chi connectivity index (χ2v) is 9.73. The van der Waals surface area contributed by atoms with Crippen molar-refractivity contribution in [3.63, 3.8) is 0 Å². The van der Waals surface area contributed by atoms with Gasteiger partial charge in [-0.3, -0.25) is 9.59 Å². The maximum Gasteiger partial charge on any atom is 0.246 e. The highest BCUT2D eigenvalue weighted by Gasteiger charge is 2.21. The number of anilines is 4. The summed E-state index contributed by atoms with van der Waals surface area (Å²) in [4.78, 5) is 37.5. The first kappa shape index (κ1) is 31.0. The smallest absolute Gasteiger partial charge is 0.246 e. The Hall–Kier alpha value is -4.51. The summed E-state index contributed by atoms with van der Waals surface area (Å²) in [5, 5.41) is 9.14. The van der Waals surface area contributed by atoms with Crippen LogP contribution in [0.2, 0.25) is 0 Å². The number of likely N-dealkylation sites (N-methyl/N-ethyl adjacent to an activating group) is 2. The summed E-state index contributed by atoms with van der Waals surface area (Å²) >= 11 is 0. The van der Waals surface area contributed by atoms with Crippen LogP contribution in [0.3, 0.4) is 0 Å². The van der Waals surface area contributed by atoms with Crippen molar-refractivity contribution in [2.24, 2.45) is 0 Å². The highest BCUT2D eigenvalue weighted by molar-refractivity contribution is 5.98. The van der Waals surface area contributed by atoms with Crippen LogP contribution < -0.4 is 20.7 Å². The first-order chi connectivity index (χ1) is 19.7. The number of benzene rings is 2. The minimum atomic E-state index is -0.681.